The van der Waals surface area contributed by atoms with E-state index >= 15 is 0 Å². The van der Waals surface area contributed by atoms with Crippen molar-refractivity contribution in [3.8, 4) is 11.5 Å². The Balaban J connectivity index is 1.71. The van der Waals surface area contributed by atoms with Gasteiger partial charge in [-0.3, -0.25) is 4.79 Å². The summed E-state index contributed by atoms with van der Waals surface area (Å²) in [6, 6.07) is 13.1. The van der Waals surface area contributed by atoms with Gasteiger partial charge in [0.05, 0.1) is 14.2 Å². The number of carbonyl (C=O) groups excluding carboxylic acids is 2. The summed E-state index contributed by atoms with van der Waals surface area (Å²) in [5.41, 5.74) is 2.55. The van der Waals surface area contributed by atoms with Crippen molar-refractivity contribution in [2.24, 2.45) is 0 Å². The van der Waals surface area contributed by atoms with E-state index in [9.17, 15) is 9.59 Å². The van der Waals surface area contributed by atoms with E-state index in [2.05, 4.69) is 6.07 Å². The van der Waals surface area contributed by atoms with Gasteiger partial charge in [0.2, 0.25) is 0 Å². The van der Waals surface area contributed by atoms with E-state index in [1.54, 1.807) is 30.0 Å². The van der Waals surface area contributed by atoms with Gasteiger partial charge in [-0.2, -0.15) is 0 Å². The van der Waals surface area contributed by atoms with Gasteiger partial charge < -0.3 is 19.1 Å². The maximum Gasteiger partial charge on any atom is 0.346 e. The van der Waals surface area contributed by atoms with Crippen molar-refractivity contribution in [1.82, 2.24) is 4.90 Å². The third-order valence-electron chi connectivity index (χ3n) is 4.71. The molecule has 0 spiro atoms. The van der Waals surface area contributed by atoms with Gasteiger partial charge in [-0.05, 0) is 36.6 Å². The molecule has 0 aliphatic carbocycles. The minimum Gasteiger partial charge on any atom is -0.496 e. The van der Waals surface area contributed by atoms with Gasteiger partial charge in [0.25, 0.3) is 5.91 Å². The van der Waals surface area contributed by atoms with Crippen molar-refractivity contribution in [2.45, 2.75) is 26.0 Å². The normalized spacial score (nSPS) is 14.1. The van der Waals surface area contributed by atoms with E-state index in [1.807, 2.05) is 18.2 Å². The summed E-state index contributed by atoms with van der Waals surface area (Å²) in [4.78, 5) is 27.1. The Bertz CT molecular complexity index is 826. The summed E-state index contributed by atoms with van der Waals surface area (Å²) < 4.78 is 15.9. The fourth-order valence-corrected chi connectivity index (χ4v) is 3.26. The number of fused-ring (bicyclic) bond motifs is 1. The summed E-state index contributed by atoms with van der Waals surface area (Å²) >= 11 is 0. The lowest BCUT2D eigenvalue weighted by Gasteiger charge is -2.30. The Morgan fingerprint density at radius 3 is 2.22 bits per heavy atom. The Kier molecular flexibility index (Phi) is 5.64. The molecule has 0 saturated carbocycles. The van der Waals surface area contributed by atoms with E-state index < -0.39 is 12.1 Å². The van der Waals surface area contributed by atoms with E-state index in [0.717, 1.165) is 12.0 Å². The van der Waals surface area contributed by atoms with Crippen molar-refractivity contribution in [1.29, 1.82) is 0 Å². The second-order valence-electron chi connectivity index (χ2n) is 6.36. The number of methoxy groups -OCH3 is 2. The maximum atomic E-state index is 12.8. The molecule has 1 amide bonds. The highest BCUT2D eigenvalue weighted by molar-refractivity contribution is 5.97. The van der Waals surface area contributed by atoms with E-state index in [1.165, 1.54) is 19.8 Å². The Hall–Kier alpha value is -3.02. The largest absolute Gasteiger partial charge is 0.496 e. The second-order valence-corrected chi connectivity index (χ2v) is 6.36. The first-order chi connectivity index (χ1) is 13.0. The summed E-state index contributed by atoms with van der Waals surface area (Å²) in [5.74, 6) is -0.189. The summed E-state index contributed by atoms with van der Waals surface area (Å²) in [6.07, 6.45) is -0.111. The number of hydrogen-bond acceptors (Lipinski definition) is 5. The molecule has 0 bridgehead atoms. The lowest BCUT2D eigenvalue weighted by Crippen LogP contribution is -2.42. The van der Waals surface area contributed by atoms with Crippen LogP contribution in [-0.2, 0) is 22.5 Å². The first-order valence-electron chi connectivity index (χ1n) is 8.82. The second kappa shape index (κ2) is 8.12. The van der Waals surface area contributed by atoms with Crippen LogP contribution >= 0.6 is 0 Å². The fourth-order valence-electron chi connectivity index (χ4n) is 3.26. The zero-order valence-corrected chi connectivity index (χ0v) is 15.7. The van der Waals surface area contributed by atoms with Crippen molar-refractivity contribution in [3.05, 3.63) is 59.2 Å². The molecule has 3 rings (SSSR count). The molecule has 27 heavy (non-hydrogen) atoms. The third-order valence-corrected chi connectivity index (χ3v) is 4.71. The van der Waals surface area contributed by atoms with Gasteiger partial charge in [-0.1, -0.05) is 30.3 Å². The number of carbonyl (C=O) groups is 2. The van der Waals surface area contributed by atoms with Crippen molar-refractivity contribution >= 4 is 11.9 Å². The van der Waals surface area contributed by atoms with Gasteiger partial charge in [0.15, 0.2) is 6.10 Å². The zero-order valence-electron chi connectivity index (χ0n) is 15.7. The molecule has 0 unspecified atom stereocenters. The molecule has 0 N–H and O–H groups in total. The molecule has 0 fully saturated rings. The van der Waals surface area contributed by atoms with E-state index in [0.29, 0.717) is 24.6 Å². The highest BCUT2D eigenvalue weighted by Gasteiger charge is 2.29. The highest BCUT2D eigenvalue weighted by atomic mass is 16.6. The molecule has 1 aliphatic rings. The van der Waals surface area contributed by atoms with Crippen LogP contribution in [0.25, 0.3) is 0 Å². The molecule has 6 heteroatoms. The van der Waals surface area contributed by atoms with Crippen LogP contribution in [0.15, 0.2) is 42.5 Å². The SMILES string of the molecule is COc1cccc(OC)c1C(=O)O[C@@H](C)C(=O)N1CCc2ccccc2C1. The number of ether oxygens (including phenoxy) is 3. The van der Waals surface area contributed by atoms with Gasteiger partial charge in [-0.25, -0.2) is 4.79 Å². The third kappa shape index (κ3) is 3.89. The first kappa shape index (κ1) is 18.8. The Morgan fingerprint density at radius 2 is 1.59 bits per heavy atom. The van der Waals surface area contributed by atoms with Gasteiger partial charge in [-0.15, -0.1) is 0 Å². The van der Waals surface area contributed by atoms with E-state index in [-0.39, 0.29) is 11.5 Å². The van der Waals surface area contributed by atoms with Crippen LogP contribution in [0.2, 0.25) is 0 Å². The monoisotopic (exact) mass is 369 g/mol. The minimum atomic E-state index is -0.905. The predicted octanol–water partition coefficient (Wildman–Crippen LogP) is 2.83. The fraction of sp³-hybridized carbons (Fsp3) is 0.333. The predicted molar refractivity (Wildman–Crippen MR) is 100.0 cm³/mol. The van der Waals surface area contributed by atoms with Crippen molar-refractivity contribution in [3.63, 3.8) is 0 Å². The number of esters is 1. The average molecular weight is 369 g/mol. The Labute approximate surface area is 158 Å². The molecule has 2 aromatic rings. The molecule has 1 aliphatic heterocycles. The van der Waals surface area contributed by atoms with Crippen LogP contribution in [0.4, 0.5) is 0 Å². The summed E-state index contributed by atoms with van der Waals surface area (Å²) in [7, 11) is 2.93. The van der Waals surface area contributed by atoms with Crippen molar-refractivity contribution in [2.75, 3.05) is 20.8 Å². The number of rotatable bonds is 5. The molecule has 6 nitrogen and oxygen atoms in total. The van der Waals surface area contributed by atoms with Gasteiger partial charge >= 0.3 is 5.97 Å². The topological polar surface area (TPSA) is 65.1 Å². The minimum absolute atomic E-state index is 0.172. The molecule has 142 valence electrons. The van der Waals surface area contributed by atoms with Crippen LogP contribution in [0.3, 0.4) is 0 Å². The van der Waals surface area contributed by atoms with Crippen LogP contribution in [0.1, 0.15) is 28.4 Å². The molecular weight excluding hydrogens is 346 g/mol. The van der Waals surface area contributed by atoms with Crippen molar-refractivity contribution < 1.29 is 23.8 Å². The Morgan fingerprint density at radius 1 is 0.963 bits per heavy atom. The first-order valence-corrected chi connectivity index (χ1v) is 8.82. The summed E-state index contributed by atoms with van der Waals surface area (Å²) in [6.45, 7) is 2.72. The molecule has 0 saturated heterocycles. The zero-order chi connectivity index (χ0) is 19.4. The van der Waals surface area contributed by atoms with Crippen LogP contribution in [0, 0.1) is 0 Å². The standard InChI is InChI=1S/C21H23NO5/c1-14(20(23)22-12-11-15-7-4-5-8-16(15)13-22)27-21(24)19-17(25-2)9-6-10-18(19)26-3/h4-10,14H,11-13H2,1-3H3/t14-/m0/s1. The van der Waals surface area contributed by atoms with Crippen LogP contribution < -0.4 is 9.47 Å². The number of hydrogen-bond donors (Lipinski definition) is 0. The summed E-state index contributed by atoms with van der Waals surface area (Å²) in [5, 5.41) is 0. The number of nitrogens with zero attached hydrogens (tertiary/aromatic N) is 1. The molecule has 1 heterocycles. The smallest absolute Gasteiger partial charge is 0.346 e. The number of amides is 1. The highest BCUT2D eigenvalue weighted by Crippen LogP contribution is 2.29. The quantitative estimate of drug-likeness (QED) is 0.759. The van der Waals surface area contributed by atoms with Crippen LogP contribution in [0.5, 0.6) is 11.5 Å². The molecule has 0 radical (unpaired) electrons. The maximum absolute atomic E-state index is 12.8. The van der Waals surface area contributed by atoms with Crippen LogP contribution in [-0.4, -0.2) is 43.6 Å². The number of benzene rings is 2. The van der Waals surface area contributed by atoms with Gasteiger partial charge in [0.1, 0.15) is 17.1 Å². The molecule has 0 aromatic heterocycles. The lowest BCUT2D eigenvalue weighted by atomic mass is 9.99. The average Bonchev–Trinajstić information content (AvgIpc) is 2.71. The van der Waals surface area contributed by atoms with Gasteiger partial charge in [0, 0.05) is 13.1 Å². The lowest BCUT2D eigenvalue weighted by molar-refractivity contribution is -0.140. The molecular formula is C21H23NO5. The molecule has 1 atom stereocenters. The van der Waals surface area contributed by atoms with E-state index in [4.69, 9.17) is 14.2 Å². The molecule has 2 aromatic carbocycles.